The topological polar surface area (TPSA) is 66.9 Å². The van der Waals surface area contributed by atoms with Gasteiger partial charge in [-0.25, -0.2) is 4.98 Å². The average molecular weight is 273 g/mol. The van der Waals surface area contributed by atoms with Crippen molar-refractivity contribution in [2.75, 3.05) is 19.7 Å². The number of aryl methyl sites for hydroxylation is 2. The van der Waals surface area contributed by atoms with Gasteiger partial charge in [-0.15, -0.1) is 0 Å². The summed E-state index contributed by atoms with van der Waals surface area (Å²) in [5, 5.41) is 0. The molecule has 20 heavy (non-hydrogen) atoms. The van der Waals surface area contributed by atoms with Crippen molar-refractivity contribution in [2.45, 2.75) is 26.5 Å². The van der Waals surface area contributed by atoms with Gasteiger partial charge in [-0.3, -0.25) is 14.9 Å². The predicted octanol–water partition coefficient (Wildman–Crippen LogP) is 1.39. The smallest absolute Gasteiger partial charge is 0.114 e. The summed E-state index contributed by atoms with van der Waals surface area (Å²) in [6.07, 6.45) is 5.34. The summed E-state index contributed by atoms with van der Waals surface area (Å²) in [6, 6.07) is 0. The molecule has 2 aromatic heterocycles. The molecule has 1 saturated heterocycles. The number of morpholine rings is 1. The summed E-state index contributed by atoms with van der Waals surface area (Å²) in [4.78, 5) is 18.5. The summed E-state index contributed by atoms with van der Waals surface area (Å²) in [6.45, 7) is 7.28. The van der Waals surface area contributed by atoms with Crippen LogP contribution < -0.4 is 0 Å². The summed E-state index contributed by atoms with van der Waals surface area (Å²) in [5.41, 5.74) is 4.05. The lowest BCUT2D eigenvalue weighted by atomic mass is 10.2. The Morgan fingerprint density at radius 3 is 2.90 bits per heavy atom. The standard InChI is InChI=1S/C14H19N5O/c1-10-5-16-12(6-15-10)14-8-19(3-4-20-14)7-13-11(2)17-9-18-13/h5-6,9,14H,3-4,7-8H2,1-2H3,(H,17,18). The van der Waals surface area contributed by atoms with E-state index in [-0.39, 0.29) is 6.10 Å². The minimum atomic E-state index is -0.00361. The number of hydrogen-bond acceptors (Lipinski definition) is 5. The van der Waals surface area contributed by atoms with E-state index in [1.165, 1.54) is 0 Å². The minimum absolute atomic E-state index is 0.00361. The normalized spacial score (nSPS) is 20.2. The van der Waals surface area contributed by atoms with Gasteiger partial charge in [-0.2, -0.15) is 0 Å². The van der Waals surface area contributed by atoms with E-state index in [0.29, 0.717) is 6.61 Å². The molecule has 0 radical (unpaired) electrons. The Morgan fingerprint density at radius 1 is 1.30 bits per heavy atom. The summed E-state index contributed by atoms with van der Waals surface area (Å²) < 4.78 is 5.81. The highest BCUT2D eigenvalue weighted by atomic mass is 16.5. The number of aromatic amines is 1. The average Bonchev–Trinajstić information content (AvgIpc) is 2.85. The summed E-state index contributed by atoms with van der Waals surface area (Å²) in [7, 11) is 0. The fourth-order valence-corrected chi connectivity index (χ4v) is 2.35. The van der Waals surface area contributed by atoms with Gasteiger partial charge in [-0.05, 0) is 13.8 Å². The largest absolute Gasteiger partial charge is 0.369 e. The number of ether oxygens (including phenoxy) is 1. The highest BCUT2D eigenvalue weighted by molar-refractivity contribution is 5.09. The van der Waals surface area contributed by atoms with Crippen LogP contribution in [0.2, 0.25) is 0 Å². The molecule has 0 bridgehead atoms. The number of hydrogen-bond donors (Lipinski definition) is 1. The van der Waals surface area contributed by atoms with Crippen LogP contribution >= 0.6 is 0 Å². The fourth-order valence-electron chi connectivity index (χ4n) is 2.35. The lowest BCUT2D eigenvalue weighted by Crippen LogP contribution is -2.38. The SMILES string of the molecule is Cc1cnc(C2CN(Cc3nc[nH]c3C)CCO2)cn1. The third-order valence-corrected chi connectivity index (χ3v) is 3.59. The summed E-state index contributed by atoms with van der Waals surface area (Å²) >= 11 is 0. The van der Waals surface area contributed by atoms with Gasteiger partial charge in [0.25, 0.3) is 0 Å². The molecule has 6 nitrogen and oxygen atoms in total. The van der Waals surface area contributed by atoms with Crippen molar-refractivity contribution in [3.63, 3.8) is 0 Å². The number of nitrogens with zero attached hydrogens (tertiary/aromatic N) is 4. The van der Waals surface area contributed by atoms with Gasteiger partial charge in [0, 0.05) is 31.5 Å². The first-order valence-electron chi connectivity index (χ1n) is 6.83. The number of imidazole rings is 1. The Balaban J connectivity index is 1.67. The summed E-state index contributed by atoms with van der Waals surface area (Å²) in [5.74, 6) is 0. The van der Waals surface area contributed by atoms with Crippen LogP contribution in [-0.4, -0.2) is 44.5 Å². The Morgan fingerprint density at radius 2 is 2.20 bits per heavy atom. The van der Waals surface area contributed by atoms with E-state index in [0.717, 1.165) is 42.4 Å². The monoisotopic (exact) mass is 273 g/mol. The van der Waals surface area contributed by atoms with Crippen molar-refractivity contribution in [2.24, 2.45) is 0 Å². The molecular formula is C14H19N5O. The van der Waals surface area contributed by atoms with Crippen molar-refractivity contribution < 1.29 is 4.74 Å². The van der Waals surface area contributed by atoms with Gasteiger partial charge in [0.2, 0.25) is 0 Å². The Bertz CT molecular complexity index is 565. The Kier molecular flexibility index (Phi) is 3.75. The molecule has 1 N–H and O–H groups in total. The van der Waals surface area contributed by atoms with E-state index in [1.807, 2.05) is 20.0 Å². The fraction of sp³-hybridized carbons (Fsp3) is 0.500. The number of aromatic nitrogens is 4. The number of H-pyrrole nitrogens is 1. The highest BCUT2D eigenvalue weighted by Crippen LogP contribution is 2.21. The molecule has 1 fully saturated rings. The third-order valence-electron chi connectivity index (χ3n) is 3.59. The van der Waals surface area contributed by atoms with Crippen molar-refractivity contribution in [1.82, 2.24) is 24.8 Å². The second-order valence-electron chi connectivity index (χ2n) is 5.15. The van der Waals surface area contributed by atoms with Crippen LogP contribution in [0.3, 0.4) is 0 Å². The van der Waals surface area contributed by atoms with Crippen LogP contribution in [0.1, 0.15) is 28.9 Å². The molecule has 1 aliphatic rings. The second kappa shape index (κ2) is 5.68. The van der Waals surface area contributed by atoms with E-state index in [1.54, 1.807) is 12.5 Å². The van der Waals surface area contributed by atoms with Gasteiger partial charge in [-0.1, -0.05) is 0 Å². The Labute approximate surface area is 118 Å². The quantitative estimate of drug-likeness (QED) is 0.915. The third kappa shape index (κ3) is 2.86. The van der Waals surface area contributed by atoms with Gasteiger partial charge in [0.15, 0.2) is 0 Å². The van der Waals surface area contributed by atoms with E-state index >= 15 is 0 Å². The first-order chi connectivity index (χ1) is 9.72. The van der Waals surface area contributed by atoms with Crippen LogP contribution in [0.4, 0.5) is 0 Å². The lowest BCUT2D eigenvalue weighted by molar-refractivity contribution is -0.0355. The van der Waals surface area contributed by atoms with Crippen LogP contribution in [0, 0.1) is 13.8 Å². The van der Waals surface area contributed by atoms with Gasteiger partial charge >= 0.3 is 0 Å². The minimum Gasteiger partial charge on any atom is -0.369 e. The molecule has 6 heteroatoms. The zero-order chi connectivity index (χ0) is 13.9. The zero-order valence-electron chi connectivity index (χ0n) is 11.8. The molecule has 0 aromatic carbocycles. The van der Waals surface area contributed by atoms with Crippen LogP contribution in [0.5, 0.6) is 0 Å². The molecule has 0 amide bonds. The molecule has 0 aliphatic carbocycles. The molecule has 0 saturated carbocycles. The maximum atomic E-state index is 5.81. The van der Waals surface area contributed by atoms with Crippen LogP contribution in [0.25, 0.3) is 0 Å². The maximum Gasteiger partial charge on any atom is 0.114 e. The molecule has 3 rings (SSSR count). The molecule has 2 aromatic rings. The molecule has 106 valence electrons. The van der Waals surface area contributed by atoms with Crippen molar-refractivity contribution in [3.05, 3.63) is 41.5 Å². The predicted molar refractivity (Wildman–Crippen MR) is 74.1 cm³/mol. The second-order valence-corrected chi connectivity index (χ2v) is 5.15. The van der Waals surface area contributed by atoms with E-state index in [4.69, 9.17) is 4.74 Å². The molecular weight excluding hydrogens is 254 g/mol. The highest BCUT2D eigenvalue weighted by Gasteiger charge is 2.24. The van der Waals surface area contributed by atoms with Crippen molar-refractivity contribution in [1.29, 1.82) is 0 Å². The number of nitrogens with one attached hydrogen (secondary N) is 1. The van der Waals surface area contributed by atoms with Crippen LogP contribution in [0.15, 0.2) is 18.7 Å². The van der Waals surface area contributed by atoms with Crippen molar-refractivity contribution in [3.8, 4) is 0 Å². The van der Waals surface area contributed by atoms with E-state index < -0.39 is 0 Å². The lowest BCUT2D eigenvalue weighted by Gasteiger charge is -2.32. The Hall–Kier alpha value is -1.79. The molecule has 3 heterocycles. The molecule has 1 atom stereocenters. The van der Waals surface area contributed by atoms with Gasteiger partial charge in [0.1, 0.15) is 6.10 Å². The van der Waals surface area contributed by atoms with Gasteiger partial charge in [0.05, 0.1) is 36.2 Å². The first kappa shape index (κ1) is 13.2. The van der Waals surface area contributed by atoms with Gasteiger partial charge < -0.3 is 9.72 Å². The van der Waals surface area contributed by atoms with Crippen molar-refractivity contribution >= 4 is 0 Å². The number of rotatable bonds is 3. The zero-order valence-corrected chi connectivity index (χ0v) is 11.8. The first-order valence-corrected chi connectivity index (χ1v) is 6.83. The van der Waals surface area contributed by atoms with Crippen LogP contribution in [-0.2, 0) is 11.3 Å². The molecule has 0 spiro atoms. The maximum absolute atomic E-state index is 5.81. The molecule has 1 aliphatic heterocycles. The molecule has 1 unspecified atom stereocenters. The van der Waals surface area contributed by atoms with E-state index in [2.05, 4.69) is 24.8 Å². The van der Waals surface area contributed by atoms with E-state index in [9.17, 15) is 0 Å².